The molecule has 0 aromatic heterocycles. The van der Waals surface area contributed by atoms with Crippen molar-refractivity contribution in [1.82, 2.24) is 4.90 Å². The van der Waals surface area contributed by atoms with Gasteiger partial charge in [0, 0.05) is 36.9 Å². The van der Waals surface area contributed by atoms with Gasteiger partial charge in [0.25, 0.3) is 15.9 Å². The summed E-state index contributed by atoms with van der Waals surface area (Å²) in [6.45, 7) is 1.64. The fraction of sp³-hybridized carbons (Fsp3) is 0.240. The van der Waals surface area contributed by atoms with Gasteiger partial charge in [-0.1, -0.05) is 42.5 Å². The summed E-state index contributed by atoms with van der Waals surface area (Å²) < 4.78 is 28.1. The number of benzene rings is 3. The normalized spacial score (nSPS) is 17.9. The molecule has 1 N–H and O–H groups in total. The van der Waals surface area contributed by atoms with Gasteiger partial charge in [-0.25, -0.2) is 8.42 Å². The van der Waals surface area contributed by atoms with E-state index in [0.29, 0.717) is 31.6 Å². The van der Waals surface area contributed by atoms with Gasteiger partial charge < -0.3 is 10.2 Å². The lowest BCUT2D eigenvalue weighted by Gasteiger charge is -2.21. The van der Waals surface area contributed by atoms with Crippen LogP contribution in [0.3, 0.4) is 0 Å². The van der Waals surface area contributed by atoms with Crippen LogP contribution in [0.4, 0.5) is 11.4 Å². The van der Waals surface area contributed by atoms with E-state index in [4.69, 9.17) is 0 Å². The van der Waals surface area contributed by atoms with Crippen LogP contribution in [0, 0.1) is 0 Å². The summed E-state index contributed by atoms with van der Waals surface area (Å²) in [5.41, 5.74) is 3.18. The van der Waals surface area contributed by atoms with Crippen molar-refractivity contribution in [3.8, 4) is 0 Å². The maximum Gasteiger partial charge on any atom is 0.264 e. The number of amides is 1. The molecule has 0 aliphatic carbocycles. The fourth-order valence-corrected chi connectivity index (χ4v) is 6.04. The van der Waals surface area contributed by atoms with Gasteiger partial charge in [0.15, 0.2) is 0 Å². The molecule has 3 aromatic carbocycles. The van der Waals surface area contributed by atoms with Gasteiger partial charge in [0.05, 0.1) is 10.6 Å². The van der Waals surface area contributed by atoms with E-state index in [1.807, 2.05) is 54.6 Å². The second-order valence-corrected chi connectivity index (χ2v) is 10.1. The van der Waals surface area contributed by atoms with Crippen LogP contribution < -0.4 is 9.62 Å². The molecular weight excluding hydrogens is 422 g/mol. The van der Waals surface area contributed by atoms with Gasteiger partial charge >= 0.3 is 0 Å². The Bertz CT molecular complexity index is 1240. The number of nitrogens with zero attached hydrogens (tertiary/aromatic N) is 2. The Balaban J connectivity index is 1.33. The average molecular weight is 448 g/mol. The van der Waals surface area contributed by atoms with Crippen molar-refractivity contribution in [2.24, 2.45) is 0 Å². The van der Waals surface area contributed by atoms with Crippen LogP contribution in [-0.4, -0.2) is 44.9 Å². The van der Waals surface area contributed by atoms with E-state index in [1.54, 1.807) is 23.1 Å². The largest absolute Gasteiger partial charge is 0.380 e. The third-order valence-electron chi connectivity index (χ3n) is 6.13. The summed E-state index contributed by atoms with van der Waals surface area (Å²) in [4.78, 5) is 15.1. The highest BCUT2D eigenvalue weighted by Crippen LogP contribution is 2.33. The number of fused-ring (bicyclic) bond motifs is 1. The zero-order valence-electron chi connectivity index (χ0n) is 17.6. The molecule has 2 aliphatic heterocycles. The van der Waals surface area contributed by atoms with Crippen molar-refractivity contribution in [3.05, 3.63) is 90.0 Å². The standard InChI is InChI=1S/C25H25N3O3S/c29-25(27-15-14-22(18-27)26-21-9-2-1-3-10-21)20-8-6-11-23(17-20)32(30,31)28-16-13-19-7-4-5-12-24(19)28/h1-12,17,22,26H,13-16,18H2. The highest BCUT2D eigenvalue weighted by atomic mass is 32.2. The van der Waals surface area contributed by atoms with Crippen LogP contribution in [0.25, 0.3) is 0 Å². The van der Waals surface area contributed by atoms with Crippen molar-refractivity contribution >= 4 is 27.3 Å². The molecule has 5 rings (SSSR count). The minimum atomic E-state index is -3.73. The number of hydrogen-bond acceptors (Lipinski definition) is 4. The fourth-order valence-electron chi connectivity index (χ4n) is 4.49. The van der Waals surface area contributed by atoms with E-state index in [-0.39, 0.29) is 16.8 Å². The molecule has 7 heteroatoms. The number of carbonyl (C=O) groups excluding carboxylic acids is 1. The van der Waals surface area contributed by atoms with Crippen molar-refractivity contribution in [2.45, 2.75) is 23.8 Å². The summed E-state index contributed by atoms with van der Waals surface area (Å²) in [7, 11) is -3.73. The molecular formula is C25H25N3O3S. The lowest BCUT2D eigenvalue weighted by molar-refractivity contribution is 0.0791. The number of para-hydroxylation sites is 2. The van der Waals surface area contributed by atoms with Gasteiger partial charge in [0.2, 0.25) is 0 Å². The van der Waals surface area contributed by atoms with Crippen LogP contribution in [0.1, 0.15) is 22.3 Å². The van der Waals surface area contributed by atoms with Crippen molar-refractivity contribution in [3.63, 3.8) is 0 Å². The van der Waals surface area contributed by atoms with Crippen LogP contribution in [0.5, 0.6) is 0 Å². The third kappa shape index (κ3) is 3.84. The summed E-state index contributed by atoms with van der Waals surface area (Å²) >= 11 is 0. The van der Waals surface area contributed by atoms with Gasteiger partial charge in [0.1, 0.15) is 0 Å². The van der Waals surface area contributed by atoms with Crippen LogP contribution in [-0.2, 0) is 16.4 Å². The number of anilines is 2. The van der Waals surface area contributed by atoms with Crippen molar-refractivity contribution in [1.29, 1.82) is 0 Å². The Labute approximate surface area is 188 Å². The molecule has 1 saturated heterocycles. The zero-order chi connectivity index (χ0) is 22.1. The second-order valence-electron chi connectivity index (χ2n) is 8.23. The summed E-state index contributed by atoms with van der Waals surface area (Å²) in [5, 5.41) is 3.46. The van der Waals surface area contributed by atoms with Crippen LogP contribution in [0.15, 0.2) is 83.8 Å². The number of nitrogens with one attached hydrogen (secondary N) is 1. The van der Waals surface area contributed by atoms with E-state index in [2.05, 4.69) is 5.32 Å². The molecule has 1 unspecified atom stereocenters. The Morgan fingerprint density at radius 1 is 0.906 bits per heavy atom. The van der Waals surface area contributed by atoms with E-state index < -0.39 is 10.0 Å². The Morgan fingerprint density at radius 2 is 1.69 bits per heavy atom. The highest BCUT2D eigenvalue weighted by molar-refractivity contribution is 7.92. The second kappa shape index (κ2) is 8.31. The van der Waals surface area contributed by atoms with E-state index in [0.717, 1.165) is 23.4 Å². The number of sulfonamides is 1. The van der Waals surface area contributed by atoms with Crippen molar-refractivity contribution < 1.29 is 13.2 Å². The molecule has 1 amide bonds. The number of hydrogen-bond donors (Lipinski definition) is 1. The maximum absolute atomic E-state index is 13.3. The molecule has 2 aliphatic rings. The summed E-state index contributed by atoms with van der Waals surface area (Å²) in [6.07, 6.45) is 1.54. The predicted octanol–water partition coefficient (Wildman–Crippen LogP) is 3.76. The monoisotopic (exact) mass is 447 g/mol. The third-order valence-corrected chi connectivity index (χ3v) is 7.94. The average Bonchev–Trinajstić information content (AvgIpc) is 3.47. The molecule has 6 nitrogen and oxygen atoms in total. The van der Waals surface area contributed by atoms with Gasteiger partial charge in [-0.15, -0.1) is 0 Å². The predicted molar refractivity (Wildman–Crippen MR) is 125 cm³/mol. The molecule has 0 saturated carbocycles. The Morgan fingerprint density at radius 3 is 2.53 bits per heavy atom. The quantitative estimate of drug-likeness (QED) is 0.647. The molecule has 164 valence electrons. The Kier molecular flexibility index (Phi) is 5.35. The Hall–Kier alpha value is -3.32. The molecule has 3 aromatic rings. The zero-order valence-corrected chi connectivity index (χ0v) is 18.5. The number of carbonyl (C=O) groups is 1. The van der Waals surface area contributed by atoms with Gasteiger partial charge in [-0.2, -0.15) is 0 Å². The molecule has 2 heterocycles. The summed E-state index contributed by atoms with van der Waals surface area (Å²) in [6, 6.07) is 24.1. The van der Waals surface area contributed by atoms with E-state index in [1.165, 1.54) is 10.4 Å². The van der Waals surface area contributed by atoms with Gasteiger partial charge in [-0.3, -0.25) is 9.10 Å². The first kappa shape index (κ1) is 20.6. The van der Waals surface area contributed by atoms with E-state index >= 15 is 0 Å². The lowest BCUT2D eigenvalue weighted by atomic mass is 10.2. The number of likely N-dealkylation sites (tertiary alicyclic amines) is 1. The first-order valence-corrected chi connectivity index (χ1v) is 12.3. The number of rotatable bonds is 5. The van der Waals surface area contributed by atoms with Crippen molar-refractivity contribution in [2.75, 3.05) is 29.3 Å². The maximum atomic E-state index is 13.3. The van der Waals surface area contributed by atoms with Crippen LogP contribution >= 0.6 is 0 Å². The molecule has 1 fully saturated rings. The van der Waals surface area contributed by atoms with Crippen LogP contribution in [0.2, 0.25) is 0 Å². The molecule has 32 heavy (non-hydrogen) atoms. The molecule has 0 spiro atoms. The first-order chi connectivity index (χ1) is 15.5. The molecule has 0 bridgehead atoms. The van der Waals surface area contributed by atoms with Gasteiger partial charge in [-0.05, 0) is 54.8 Å². The SMILES string of the molecule is O=C(c1cccc(S(=O)(=O)N2CCc3ccccc32)c1)N1CCC(Nc2ccccc2)C1. The summed E-state index contributed by atoms with van der Waals surface area (Å²) in [5.74, 6) is -0.138. The molecule has 1 atom stereocenters. The molecule has 0 radical (unpaired) electrons. The minimum absolute atomic E-state index is 0.138. The smallest absolute Gasteiger partial charge is 0.264 e. The van der Waals surface area contributed by atoms with E-state index in [9.17, 15) is 13.2 Å². The topological polar surface area (TPSA) is 69.7 Å². The lowest BCUT2D eigenvalue weighted by Crippen LogP contribution is -2.32. The highest BCUT2D eigenvalue weighted by Gasteiger charge is 2.32. The first-order valence-electron chi connectivity index (χ1n) is 10.8. The minimum Gasteiger partial charge on any atom is -0.380 e.